The largest absolute Gasteiger partial charge is 0.324 e. The number of aryl methyl sites for hydroxylation is 2. The molecule has 0 unspecified atom stereocenters. The van der Waals surface area contributed by atoms with Gasteiger partial charge in [-0.05, 0) is 36.8 Å². The Morgan fingerprint density at radius 3 is 2.78 bits per heavy atom. The van der Waals surface area contributed by atoms with Gasteiger partial charge in [0, 0.05) is 18.1 Å². The molecule has 0 aliphatic carbocycles. The Morgan fingerprint density at radius 2 is 2.09 bits per heavy atom. The maximum Gasteiger partial charge on any atom is 0.167 e. The number of rotatable bonds is 4. The van der Waals surface area contributed by atoms with Gasteiger partial charge in [0.05, 0.1) is 4.90 Å². The van der Waals surface area contributed by atoms with Crippen molar-refractivity contribution in [1.29, 1.82) is 0 Å². The molecule has 0 atom stereocenters. The van der Waals surface area contributed by atoms with Crippen LogP contribution in [0.4, 0.5) is 16.0 Å². The van der Waals surface area contributed by atoms with Gasteiger partial charge in [-0.2, -0.15) is 5.10 Å². The summed E-state index contributed by atoms with van der Waals surface area (Å²) in [7, 11) is 1.79. The quantitative estimate of drug-likeness (QED) is 0.734. The third-order valence-electron chi connectivity index (χ3n) is 3.24. The molecule has 0 bridgehead atoms. The van der Waals surface area contributed by atoms with Gasteiger partial charge in [0.15, 0.2) is 5.15 Å². The highest BCUT2D eigenvalue weighted by molar-refractivity contribution is 7.99. The number of halogens is 2. The fourth-order valence-corrected chi connectivity index (χ4v) is 3.27. The fourth-order valence-electron chi connectivity index (χ4n) is 2.01. The molecule has 0 aliphatic rings. The summed E-state index contributed by atoms with van der Waals surface area (Å²) in [6.45, 7) is 1.73. The summed E-state index contributed by atoms with van der Waals surface area (Å²) in [6, 6.07) is 10.7. The lowest BCUT2D eigenvalue weighted by molar-refractivity contribution is 0.615. The van der Waals surface area contributed by atoms with Gasteiger partial charge in [-0.1, -0.05) is 35.5 Å². The predicted molar refractivity (Wildman–Crippen MR) is 91.0 cm³/mol. The second-order valence-electron chi connectivity index (χ2n) is 4.95. The number of benzene rings is 1. The van der Waals surface area contributed by atoms with Crippen LogP contribution in [-0.2, 0) is 7.05 Å². The number of pyridine rings is 1. The number of nitrogens with zero attached hydrogens (tertiary/aromatic N) is 3. The van der Waals surface area contributed by atoms with E-state index in [2.05, 4.69) is 15.4 Å². The molecular formula is C16H14ClFN4S. The molecule has 2 heterocycles. The molecule has 0 spiro atoms. The molecular weight excluding hydrogens is 335 g/mol. The van der Waals surface area contributed by atoms with E-state index in [1.165, 1.54) is 17.8 Å². The zero-order chi connectivity index (χ0) is 16.4. The smallest absolute Gasteiger partial charge is 0.167 e. The molecule has 4 nitrogen and oxygen atoms in total. The molecule has 0 radical (unpaired) electrons. The van der Waals surface area contributed by atoms with E-state index in [1.54, 1.807) is 30.9 Å². The van der Waals surface area contributed by atoms with Gasteiger partial charge in [0.1, 0.15) is 17.5 Å². The maximum absolute atomic E-state index is 13.7. The minimum atomic E-state index is -0.241. The Hall–Kier alpha value is -2.05. The van der Waals surface area contributed by atoms with Crippen molar-refractivity contribution in [3.05, 3.63) is 59.1 Å². The highest BCUT2D eigenvalue weighted by atomic mass is 35.5. The molecule has 23 heavy (non-hydrogen) atoms. The molecule has 7 heteroatoms. The summed E-state index contributed by atoms with van der Waals surface area (Å²) in [6.07, 6.45) is 1.70. The van der Waals surface area contributed by atoms with E-state index in [4.69, 9.17) is 11.6 Å². The average molecular weight is 349 g/mol. The Bertz CT molecular complexity index is 836. The second-order valence-corrected chi connectivity index (χ2v) is 6.39. The molecule has 3 rings (SSSR count). The Labute approximate surface area is 142 Å². The van der Waals surface area contributed by atoms with Crippen molar-refractivity contribution in [2.45, 2.75) is 16.7 Å². The molecule has 118 valence electrons. The minimum absolute atomic E-state index is 0.241. The SMILES string of the molecule is Cc1ccc(Sc2c(Cl)nn(C)c2Nc2ccccn2)cc1F. The highest BCUT2D eigenvalue weighted by Gasteiger charge is 2.17. The van der Waals surface area contributed by atoms with Crippen LogP contribution in [0.3, 0.4) is 0 Å². The van der Waals surface area contributed by atoms with Gasteiger partial charge < -0.3 is 5.32 Å². The van der Waals surface area contributed by atoms with E-state index in [1.807, 2.05) is 24.3 Å². The predicted octanol–water partition coefficient (Wildman–Crippen LogP) is 4.81. The van der Waals surface area contributed by atoms with Crippen LogP contribution in [0.5, 0.6) is 0 Å². The molecule has 2 aromatic heterocycles. The van der Waals surface area contributed by atoms with Gasteiger partial charge in [-0.3, -0.25) is 4.68 Å². The normalized spacial score (nSPS) is 10.8. The van der Waals surface area contributed by atoms with Crippen molar-refractivity contribution in [3.8, 4) is 0 Å². The van der Waals surface area contributed by atoms with Gasteiger partial charge in [-0.15, -0.1) is 0 Å². The molecule has 1 aromatic carbocycles. The lowest BCUT2D eigenvalue weighted by Crippen LogP contribution is -2.01. The van der Waals surface area contributed by atoms with Gasteiger partial charge in [0.25, 0.3) is 0 Å². The van der Waals surface area contributed by atoms with Crippen LogP contribution in [-0.4, -0.2) is 14.8 Å². The van der Waals surface area contributed by atoms with Crippen LogP contribution in [0, 0.1) is 12.7 Å². The zero-order valence-electron chi connectivity index (χ0n) is 12.5. The average Bonchev–Trinajstić information content (AvgIpc) is 2.79. The molecule has 0 amide bonds. The summed E-state index contributed by atoms with van der Waals surface area (Å²) in [5.41, 5.74) is 0.610. The summed E-state index contributed by atoms with van der Waals surface area (Å²) < 4.78 is 15.4. The first-order valence-electron chi connectivity index (χ1n) is 6.89. The van der Waals surface area contributed by atoms with Crippen molar-refractivity contribution >= 4 is 35.0 Å². The summed E-state index contributed by atoms with van der Waals surface area (Å²) in [5.74, 6) is 1.15. The molecule has 1 N–H and O–H groups in total. The Kier molecular flexibility index (Phi) is 4.54. The van der Waals surface area contributed by atoms with Crippen molar-refractivity contribution < 1.29 is 4.39 Å². The maximum atomic E-state index is 13.7. The summed E-state index contributed by atoms with van der Waals surface area (Å²) in [4.78, 5) is 5.72. The van der Waals surface area contributed by atoms with Crippen molar-refractivity contribution in [2.75, 3.05) is 5.32 Å². The van der Waals surface area contributed by atoms with Crippen LogP contribution < -0.4 is 5.32 Å². The monoisotopic (exact) mass is 348 g/mol. The van der Waals surface area contributed by atoms with Crippen LogP contribution >= 0.6 is 23.4 Å². The van der Waals surface area contributed by atoms with Crippen molar-refractivity contribution in [3.63, 3.8) is 0 Å². The number of anilines is 2. The summed E-state index contributed by atoms with van der Waals surface area (Å²) >= 11 is 7.59. The van der Waals surface area contributed by atoms with Crippen LogP contribution in [0.1, 0.15) is 5.56 Å². The first kappa shape index (κ1) is 15.8. The first-order valence-corrected chi connectivity index (χ1v) is 8.08. The third kappa shape index (κ3) is 3.48. The van der Waals surface area contributed by atoms with E-state index in [-0.39, 0.29) is 5.82 Å². The van der Waals surface area contributed by atoms with Gasteiger partial charge in [0.2, 0.25) is 0 Å². The Morgan fingerprint density at radius 1 is 1.26 bits per heavy atom. The van der Waals surface area contributed by atoms with Gasteiger partial charge in [-0.25, -0.2) is 9.37 Å². The summed E-state index contributed by atoms with van der Waals surface area (Å²) in [5, 5.41) is 7.78. The number of nitrogens with one attached hydrogen (secondary N) is 1. The third-order valence-corrected chi connectivity index (χ3v) is 4.70. The molecule has 0 fully saturated rings. The fraction of sp³-hybridized carbons (Fsp3) is 0.125. The van der Waals surface area contributed by atoms with E-state index >= 15 is 0 Å². The molecule has 3 aromatic rings. The standard InChI is InChI=1S/C16H14ClFN4S/c1-10-6-7-11(9-12(10)18)23-14-15(17)21-22(2)16(14)20-13-5-3-4-8-19-13/h3-9H,1-2H3,(H,19,20). The topological polar surface area (TPSA) is 42.7 Å². The first-order chi connectivity index (χ1) is 11.0. The van der Waals surface area contributed by atoms with Crippen LogP contribution in [0.25, 0.3) is 0 Å². The van der Waals surface area contributed by atoms with E-state index in [0.29, 0.717) is 22.4 Å². The van der Waals surface area contributed by atoms with E-state index in [0.717, 1.165) is 9.79 Å². The molecule has 0 saturated heterocycles. The van der Waals surface area contributed by atoms with Gasteiger partial charge >= 0.3 is 0 Å². The molecule has 0 saturated carbocycles. The van der Waals surface area contributed by atoms with E-state index < -0.39 is 0 Å². The van der Waals surface area contributed by atoms with E-state index in [9.17, 15) is 4.39 Å². The molecule has 0 aliphatic heterocycles. The number of aromatic nitrogens is 3. The zero-order valence-corrected chi connectivity index (χ0v) is 14.1. The number of hydrogen-bond acceptors (Lipinski definition) is 4. The highest BCUT2D eigenvalue weighted by Crippen LogP contribution is 2.39. The second kappa shape index (κ2) is 6.60. The van der Waals surface area contributed by atoms with Crippen molar-refractivity contribution in [1.82, 2.24) is 14.8 Å². The lowest BCUT2D eigenvalue weighted by atomic mass is 10.2. The lowest BCUT2D eigenvalue weighted by Gasteiger charge is -2.09. The van der Waals surface area contributed by atoms with Crippen LogP contribution in [0.2, 0.25) is 5.15 Å². The minimum Gasteiger partial charge on any atom is -0.324 e. The number of hydrogen-bond donors (Lipinski definition) is 1. The van der Waals surface area contributed by atoms with Crippen molar-refractivity contribution in [2.24, 2.45) is 7.05 Å². The Balaban J connectivity index is 1.94. The van der Waals surface area contributed by atoms with Crippen LogP contribution in [0.15, 0.2) is 52.4 Å².